The summed E-state index contributed by atoms with van der Waals surface area (Å²) in [7, 11) is 3.86. The predicted octanol–water partition coefficient (Wildman–Crippen LogP) is 3.73. The van der Waals surface area contributed by atoms with Crippen molar-refractivity contribution < 1.29 is 13.7 Å². The number of rotatable bonds is 6. The Hall–Kier alpha value is -2.38. The number of hydrogen-bond acceptors (Lipinski definition) is 5. The summed E-state index contributed by atoms with van der Waals surface area (Å²) in [6.45, 7) is 0.403. The van der Waals surface area contributed by atoms with E-state index in [9.17, 15) is 4.79 Å². The molecule has 0 radical (unpaired) electrons. The minimum absolute atomic E-state index is 0.0585. The minimum Gasteiger partial charge on any atom is -0.468 e. The van der Waals surface area contributed by atoms with Gasteiger partial charge in [0.05, 0.1) is 12.3 Å². The Balaban J connectivity index is 1.66. The van der Waals surface area contributed by atoms with Gasteiger partial charge in [-0.25, -0.2) is 0 Å². The molecule has 0 aliphatic carbocycles. The first kappa shape index (κ1) is 17.4. The van der Waals surface area contributed by atoms with Gasteiger partial charge in [-0.15, -0.1) is 0 Å². The van der Waals surface area contributed by atoms with Crippen molar-refractivity contribution in [2.45, 2.75) is 6.04 Å². The van der Waals surface area contributed by atoms with Gasteiger partial charge in [-0.2, -0.15) is 0 Å². The van der Waals surface area contributed by atoms with Crippen LogP contribution in [0.1, 0.15) is 22.3 Å². The predicted molar refractivity (Wildman–Crippen MR) is 97.1 cm³/mol. The Kier molecular flexibility index (Phi) is 5.35. The van der Waals surface area contributed by atoms with E-state index < -0.39 is 0 Å². The zero-order chi connectivity index (χ0) is 17.8. The number of carbonyl (C=O) groups is 1. The van der Waals surface area contributed by atoms with E-state index in [0.717, 1.165) is 15.8 Å². The van der Waals surface area contributed by atoms with Crippen molar-refractivity contribution in [3.8, 4) is 11.3 Å². The summed E-state index contributed by atoms with van der Waals surface area (Å²) in [4.78, 5) is 14.3. The van der Waals surface area contributed by atoms with Gasteiger partial charge in [-0.3, -0.25) is 9.69 Å². The van der Waals surface area contributed by atoms with Crippen molar-refractivity contribution >= 4 is 21.8 Å². The van der Waals surface area contributed by atoms with E-state index in [1.54, 1.807) is 12.3 Å². The van der Waals surface area contributed by atoms with Crippen LogP contribution in [0.25, 0.3) is 11.3 Å². The average Bonchev–Trinajstić information content (AvgIpc) is 3.27. The molecule has 25 heavy (non-hydrogen) atoms. The highest BCUT2D eigenvalue weighted by Crippen LogP contribution is 2.23. The molecule has 1 amide bonds. The van der Waals surface area contributed by atoms with Crippen molar-refractivity contribution in [2.75, 3.05) is 20.6 Å². The second-order valence-electron chi connectivity index (χ2n) is 5.79. The number of nitrogens with one attached hydrogen (secondary N) is 1. The number of likely N-dealkylation sites (N-methyl/N-ethyl adjacent to an activating group) is 1. The summed E-state index contributed by atoms with van der Waals surface area (Å²) in [6.07, 6.45) is 1.62. The van der Waals surface area contributed by atoms with Gasteiger partial charge in [-0.05, 0) is 38.4 Å². The molecular weight excluding hydrogens is 386 g/mol. The molecule has 3 rings (SSSR count). The van der Waals surface area contributed by atoms with Crippen LogP contribution in [0.15, 0.2) is 62.1 Å². The first-order valence-corrected chi connectivity index (χ1v) is 8.54. The van der Waals surface area contributed by atoms with Gasteiger partial charge in [0.25, 0.3) is 5.91 Å². The fraction of sp³-hybridized carbons (Fsp3) is 0.222. The topological polar surface area (TPSA) is 71.5 Å². The number of carbonyl (C=O) groups excluding carboxylic acids is 1. The van der Waals surface area contributed by atoms with Crippen LogP contribution in [-0.4, -0.2) is 36.6 Å². The maximum atomic E-state index is 12.3. The standard InChI is InChI=1S/C18H18BrN3O3/c1-22(2)15(16-4-3-9-24-16)11-20-18(23)14-10-17(25-21-14)12-5-7-13(19)8-6-12/h3-10,15H,11H2,1-2H3,(H,20,23)/t15-/m1/s1. The van der Waals surface area contributed by atoms with Crippen molar-refractivity contribution in [1.82, 2.24) is 15.4 Å². The van der Waals surface area contributed by atoms with Gasteiger partial charge in [-0.1, -0.05) is 33.2 Å². The summed E-state index contributed by atoms with van der Waals surface area (Å²) in [6, 6.07) is 12.9. The number of halogens is 1. The van der Waals surface area contributed by atoms with Crippen LogP contribution in [0.5, 0.6) is 0 Å². The van der Waals surface area contributed by atoms with Gasteiger partial charge in [0.2, 0.25) is 0 Å². The molecule has 0 aliphatic heterocycles. The number of aromatic nitrogens is 1. The van der Waals surface area contributed by atoms with Crippen LogP contribution in [-0.2, 0) is 0 Å². The smallest absolute Gasteiger partial charge is 0.273 e. The molecule has 0 unspecified atom stereocenters. The zero-order valence-corrected chi connectivity index (χ0v) is 15.5. The third-order valence-electron chi connectivity index (χ3n) is 3.82. The monoisotopic (exact) mass is 403 g/mol. The molecule has 2 heterocycles. The van der Waals surface area contributed by atoms with E-state index in [-0.39, 0.29) is 17.6 Å². The highest BCUT2D eigenvalue weighted by molar-refractivity contribution is 9.10. The Labute approximate surface area is 153 Å². The molecule has 3 aromatic rings. The van der Waals surface area contributed by atoms with Gasteiger partial charge in [0, 0.05) is 22.6 Å². The van der Waals surface area contributed by atoms with Crippen molar-refractivity contribution in [2.24, 2.45) is 0 Å². The Morgan fingerprint density at radius 2 is 2.04 bits per heavy atom. The van der Waals surface area contributed by atoms with Gasteiger partial charge >= 0.3 is 0 Å². The van der Waals surface area contributed by atoms with Crippen LogP contribution in [0.2, 0.25) is 0 Å². The number of furan rings is 1. The Morgan fingerprint density at radius 1 is 1.28 bits per heavy atom. The van der Waals surface area contributed by atoms with Crippen LogP contribution in [0.3, 0.4) is 0 Å². The molecule has 1 atom stereocenters. The highest BCUT2D eigenvalue weighted by Gasteiger charge is 2.20. The lowest BCUT2D eigenvalue weighted by Gasteiger charge is -2.22. The van der Waals surface area contributed by atoms with Crippen molar-refractivity contribution in [3.63, 3.8) is 0 Å². The summed E-state index contributed by atoms with van der Waals surface area (Å²) in [5.74, 6) is 1.05. The van der Waals surface area contributed by atoms with E-state index in [0.29, 0.717) is 12.3 Å². The Morgan fingerprint density at radius 3 is 2.68 bits per heavy atom. The molecule has 0 aliphatic rings. The quantitative estimate of drug-likeness (QED) is 0.678. The number of hydrogen-bond donors (Lipinski definition) is 1. The lowest BCUT2D eigenvalue weighted by atomic mass is 10.1. The van der Waals surface area contributed by atoms with E-state index >= 15 is 0 Å². The maximum absolute atomic E-state index is 12.3. The SMILES string of the molecule is CN(C)[C@H](CNC(=O)c1cc(-c2ccc(Br)cc2)on1)c1ccco1. The second kappa shape index (κ2) is 7.67. The zero-order valence-electron chi connectivity index (χ0n) is 13.9. The van der Waals surface area contributed by atoms with Gasteiger partial charge in [0.15, 0.2) is 11.5 Å². The summed E-state index contributed by atoms with van der Waals surface area (Å²) in [5, 5.41) is 6.74. The van der Waals surface area contributed by atoms with E-state index in [4.69, 9.17) is 8.94 Å². The lowest BCUT2D eigenvalue weighted by Crippen LogP contribution is -2.34. The number of amides is 1. The van der Waals surface area contributed by atoms with Crippen molar-refractivity contribution in [1.29, 1.82) is 0 Å². The third kappa shape index (κ3) is 4.18. The average molecular weight is 404 g/mol. The molecule has 1 N–H and O–H groups in total. The van der Waals surface area contributed by atoms with Crippen molar-refractivity contribution in [3.05, 3.63) is 64.7 Å². The van der Waals surface area contributed by atoms with Crippen LogP contribution < -0.4 is 5.32 Å². The number of nitrogens with zero attached hydrogens (tertiary/aromatic N) is 2. The summed E-state index contributed by atoms with van der Waals surface area (Å²) < 4.78 is 11.7. The third-order valence-corrected chi connectivity index (χ3v) is 4.35. The first-order chi connectivity index (χ1) is 12.0. The molecule has 7 heteroatoms. The van der Waals surface area contributed by atoms with E-state index in [2.05, 4.69) is 26.4 Å². The largest absolute Gasteiger partial charge is 0.468 e. The van der Waals surface area contributed by atoms with E-state index in [1.807, 2.05) is 55.4 Å². The highest BCUT2D eigenvalue weighted by atomic mass is 79.9. The van der Waals surface area contributed by atoms with E-state index in [1.165, 1.54) is 0 Å². The van der Waals surface area contributed by atoms with Crippen LogP contribution in [0, 0.1) is 0 Å². The van der Waals surface area contributed by atoms with Gasteiger partial charge < -0.3 is 14.3 Å². The van der Waals surface area contributed by atoms with Crippen LogP contribution >= 0.6 is 15.9 Å². The van der Waals surface area contributed by atoms with Gasteiger partial charge in [0.1, 0.15) is 5.76 Å². The molecule has 0 fully saturated rings. The summed E-state index contributed by atoms with van der Waals surface area (Å²) in [5.41, 5.74) is 1.10. The molecule has 2 aromatic heterocycles. The minimum atomic E-state index is -0.287. The molecule has 0 saturated carbocycles. The molecular formula is C18H18BrN3O3. The fourth-order valence-electron chi connectivity index (χ4n) is 2.43. The molecule has 130 valence electrons. The molecule has 0 saturated heterocycles. The summed E-state index contributed by atoms with van der Waals surface area (Å²) >= 11 is 3.39. The lowest BCUT2D eigenvalue weighted by molar-refractivity contribution is 0.0930. The molecule has 0 spiro atoms. The second-order valence-corrected chi connectivity index (χ2v) is 6.70. The Bertz CT molecular complexity index is 826. The fourth-order valence-corrected chi connectivity index (χ4v) is 2.70. The molecule has 6 nitrogen and oxygen atoms in total. The maximum Gasteiger partial charge on any atom is 0.273 e. The number of benzene rings is 1. The van der Waals surface area contributed by atoms with Crippen LogP contribution in [0.4, 0.5) is 0 Å². The normalized spacial score (nSPS) is 12.3. The molecule has 0 bridgehead atoms. The first-order valence-electron chi connectivity index (χ1n) is 7.75. The molecule has 1 aromatic carbocycles.